The van der Waals surface area contributed by atoms with Crippen molar-refractivity contribution in [3.8, 4) is 0 Å². The van der Waals surface area contributed by atoms with E-state index in [-0.39, 0.29) is 5.41 Å². The maximum Gasteiger partial charge on any atom is 0.0957 e. The van der Waals surface area contributed by atoms with Gasteiger partial charge in [-0.05, 0) is 6.54 Å². The Morgan fingerprint density at radius 2 is 1.94 bits per heavy atom. The second-order valence-electron chi connectivity index (χ2n) is 5.51. The van der Waals surface area contributed by atoms with Crippen molar-refractivity contribution in [1.82, 2.24) is 10.3 Å². The fourth-order valence-corrected chi connectivity index (χ4v) is 2.81. The molecule has 0 spiro atoms. The predicted octanol–water partition coefficient (Wildman–Crippen LogP) is 3.67. The summed E-state index contributed by atoms with van der Waals surface area (Å²) < 4.78 is 0. The van der Waals surface area contributed by atoms with E-state index in [0.717, 1.165) is 13.1 Å². The molecule has 0 radical (unpaired) electrons. The molecule has 0 saturated heterocycles. The van der Waals surface area contributed by atoms with Crippen molar-refractivity contribution in [2.75, 3.05) is 6.54 Å². The first kappa shape index (κ1) is 13.7. The zero-order chi connectivity index (χ0) is 12.3. The molecule has 0 amide bonds. The number of hydrogen-bond donors (Lipinski definition) is 1. The van der Waals surface area contributed by atoms with Crippen molar-refractivity contribution in [3.05, 3.63) is 15.6 Å². The van der Waals surface area contributed by atoms with Gasteiger partial charge in [0.25, 0.3) is 0 Å². The minimum atomic E-state index is 0.147. The normalized spacial score (nSPS) is 12.4. The highest BCUT2D eigenvalue weighted by atomic mass is 32.1. The summed E-state index contributed by atoms with van der Waals surface area (Å²) in [5.41, 5.74) is 1.41. The molecule has 0 aliphatic rings. The molecule has 0 aliphatic carbocycles. The van der Waals surface area contributed by atoms with Crippen molar-refractivity contribution >= 4 is 11.3 Å². The van der Waals surface area contributed by atoms with Crippen LogP contribution in [0.2, 0.25) is 0 Å². The van der Waals surface area contributed by atoms with E-state index in [1.165, 1.54) is 15.6 Å². The maximum absolute atomic E-state index is 4.81. The van der Waals surface area contributed by atoms with Crippen molar-refractivity contribution < 1.29 is 0 Å². The van der Waals surface area contributed by atoms with Gasteiger partial charge in [0.05, 0.1) is 10.7 Å². The highest BCUT2D eigenvalue weighted by molar-refractivity contribution is 7.11. The van der Waals surface area contributed by atoms with Gasteiger partial charge in [0.1, 0.15) is 0 Å². The number of hydrogen-bond acceptors (Lipinski definition) is 3. The van der Waals surface area contributed by atoms with E-state index >= 15 is 0 Å². The summed E-state index contributed by atoms with van der Waals surface area (Å²) in [7, 11) is 0. The molecule has 1 heterocycles. The van der Waals surface area contributed by atoms with Gasteiger partial charge in [-0.1, -0.05) is 41.5 Å². The Hall–Kier alpha value is -0.410. The maximum atomic E-state index is 4.81. The molecule has 16 heavy (non-hydrogen) atoms. The van der Waals surface area contributed by atoms with Crippen LogP contribution in [0.15, 0.2) is 0 Å². The van der Waals surface area contributed by atoms with Crippen LogP contribution in [0, 0.1) is 0 Å². The van der Waals surface area contributed by atoms with Gasteiger partial charge in [-0.3, -0.25) is 0 Å². The molecule has 0 aromatic carbocycles. The highest BCUT2D eigenvalue weighted by Gasteiger charge is 2.23. The summed E-state index contributed by atoms with van der Waals surface area (Å²) in [5.74, 6) is 0.529. The highest BCUT2D eigenvalue weighted by Crippen LogP contribution is 2.32. The van der Waals surface area contributed by atoms with Crippen molar-refractivity contribution in [3.63, 3.8) is 0 Å². The van der Waals surface area contributed by atoms with E-state index in [1.54, 1.807) is 0 Å². The number of aromatic nitrogens is 1. The molecule has 0 bridgehead atoms. The quantitative estimate of drug-likeness (QED) is 0.868. The molecule has 0 unspecified atom stereocenters. The van der Waals surface area contributed by atoms with Crippen LogP contribution in [-0.2, 0) is 12.0 Å². The monoisotopic (exact) mass is 240 g/mol. The molecule has 0 aliphatic heterocycles. The zero-order valence-electron chi connectivity index (χ0n) is 11.3. The Labute approximate surface area is 103 Å². The molecule has 1 N–H and O–H groups in total. The molecule has 3 heteroatoms. The van der Waals surface area contributed by atoms with Gasteiger partial charge >= 0.3 is 0 Å². The third kappa shape index (κ3) is 3.29. The van der Waals surface area contributed by atoms with Crippen molar-refractivity contribution in [1.29, 1.82) is 0 Å². The molecular weight excluding hydrogens is 216 g/mol. The molecule has 2 nitrogen and oxygen atoms in total. The average Bonchev–Trinajstić information content (AvgIpc) is 2.57. The number of nitrogens with one attached hydrogen (secondary N) is 1. The fraction of sp³-hybridized carbons (Fsp3) is 0.769. The molecular formula is C13H24N2S. The van der Waals surface area contributed by atoms with Crippen LogP contribution >= 0.6 is 11.3 Å². The van der Waals surface area contributed by atoms with Gasteiger partial charge in [0, 0.05) is 22.8 Å². The van der Waals surface area contributed by atoms with E-state index in [2.05, 4.69) is 46.9 Å². The van der Waals surface area contributed by atoms with Gasteiger partial charge in [-0.15, -0.1) is 11.3 Å². The van der Waals surface area contributed by atoms with Crippen LogP contribution in [-0.4, -0.2) is 11.5 Å². The Morgan fingerprint density at radius 1 is 1.31 bits per heavy atom. The minimum absolute atomic E-state index is 0.147. The van der Waals surface area contributed by atoms with E-state index < -0.39 is 0 Å². The summed E-state index contributed by atoms with van der Waals surface area (Å²) in [4.78, 5) is 6.21. The average molecular weight is 240 g/mol. The lowest BCUT2D eigenvalue weighted by atomic mass is 9.91. The lowest BCUT2D eigenvalue weighted by Crippen LogP contribution is -2.18. The summed E-state index contributed by atoms with van der Waals surface area (Å²) >= 11 is 1.86. The van der Waals surface area contributed by atoms with Crippen LogP contribution < -0.4 is 5.32 Å². The lowest BCUT2D eigenvalue weighted by Gasteiger charge is -2.17. The lowest BCUT2D eigenvalue weighted by molar-refractivity contribution is 0.558. The smallest absolute Gasteiger partial charge is 0.0957 e. The zero-order valence-corrected chi connectivity index (χ0v) is 12.2. The van der Waals surface area contributed by atoms with Crippen LogP contribution in [0.3, 0.4) is 0 Å². The molecule has 92 valence electrons. The van der Waals surface area contributed by atoms with E-state index in [9.17, 15) is 0 Å². The van der Waals surface area contributed by atoms with Gasteiger partial charge in [-0.25, -0.2) is 4.98 Å². The molecule has 1 rings (SSSR count). The van der Waals surface area contributed by atoms with Crippen molar-refractivity contribution in [2.24, 2.45) is 0 Å². The third-order valence-electron chi connectivity index (χ3n) is 2.45. The summed E-state index contributed by atoms with van der Waals surface area (Å²) in [6.07, 6.45) is 0. The predicted molar refractivity (Wildman–Crippen MR) is 72.3 cm³/mol. The Bertz CT molecular complexity index is 334. The second-order valence-corrected chi connectivity index (χ2v) is 6.62. The summed E-state index contributed by atoms with van der Waals surface area (Å²) in [5, 5.41) is 4.66. The van der Waals surface area contributed by atoms with Crippen LogP contribution in [0.1, 0.15) is 63.0 Å². The molecule has 0 atom stereocenters. The third-order valence-corrected chi connectivity index (χ3v) is 3.81. The molecule has 0 saturated carbocycles. The van der Waals surface area contributed by atoms with E-state index in [1.807, 2.05) is 11.3 Å². The minimum Gasteiger partial charge on any atom is -0.312 e. The second kappa shape index (κ2) is 5.28. The van der Waals surface area contributed by atoms with E-state index in [0.29, 0.717) is 5.92 Å². The van der Waals surface area contributed by atoms with Gasteiger partial charge in [-0.2, -0.15) is 0 Å². The number of nitrogens with zero attached hydrogens (tertiary/aromatic N) is 1. The first-order chi connectivity index (χ1) is 7.36. The first-order valence-electron chi connectivity index (χ1n) is 6.07. The largest absolute Gasteiger partial charge is 0.312 e. The molecule has 0 fully saturated rings. The number of thiazole rings is 1. The first-order valence-corrected chi connectivity index (χ1v) is 6.88. The SMILES string of the molecule is CCNCc1sc(C(C)C)nc1C(C)(C)C. The van der Waals surface area contributed by atoms with Gasteiger partial charge in [0.15, 0.2) is 0 Å². The fourth-order valence-electron chi connectivity index (χ4n) is 1.56. The van der Waals surface area contributed by atoms with Gasteiger partial charge < -0.3 is 5.32 Å². The molecule has 1 aromatic heterocycles. The van der Waals surface area contributed by atoms with E-state index in [4.69, 9.17) is 4.98 Å². The van der Waals surface area contributed by atoms with Crippen molar-refractivity contribution in [2.45, 2.75) is 59.4 Å². The summed E-state index contributed by atoms with van der Waals surface area (Å²) in [6, 6.07) is 0. The summed E-state index contributed by atoms with van der Waals surface area (Å²) in [6.45, 7) is 15.2. The number of rotatable bonds is 4. The van der Waals surface area contributed by atoms with Gasteiger partial charge in [0.2, 0.25) is 0 Å². The molecule has 1 aromatic rings. The Balaban J connectivity index is 3.03. The van der Waals surface area contributed by atoms with Crippen LogP contribution in [0.4, 0.5) is 0 Å². The van der Waals surface area contributed by atoms with Crippen LogP contribution in [0.5, 0.6) is 0 Å². The Morgan fingerprint density at radius 3 is 2.38 bits per heavy atom. The Kier molecular flexibility index (Phi) is 4.51. The standard InChI is InChI=1S/C13H24N2S/c1-7-14-8-10-11(13(4,5)6)15-12(16-10)9(2)3/h9,14H,7-8H2,1-6H3. The topological polar surface area (TPSA) is 24.9 Å². The van der Waals surface area contributed by atoms with Crippen LogP contribution in [0.25, 0.3) is 0 Å².